The average molecular weight is 2250 g/mol. The molecular weight excluding hydrogens is 2180 g/mol. The Morgan fingerprint density at radius 3 is 1.45 bits per heavy atom. The van der Waals surface area contributed by atoms with E-state index in [9.17, 15) is 40.3 Å². The Hall–Kier alpha value is -8.76. The van der Waals surface area contributed by atoms with Gasteiger partial charge in [0.2, 0.25) is 41.6 Å². The summed E-state index contributed by atoms with van der Waals surface area (Å²) in [6, 6.07) is 17.9. The summed E-state index contributed by atoms with van der Waals surface area (Å²) < 4.78 is 115. The van der Waals surface area contributed by atoms with Gasteiger partial charge < -0.3 is 35.6 Å². The Morgan fingerprint density at radius 2 is 1.05 bits per heavy atom. The molecule has 2 saturated heterocycles. The molecule has 114 heavy (non-hydrogen) atoms. The summed E-state index contributed by atoms with van der Waals surface area (Å²) in [6.07, 6.45) is 16.5. The van der Waals surface area contributed by atoms with E-state index in [1.54, 1.807) is 118 Å². The second-order valence-corrected chi connectivity index (χ2v) is 29.1. The quantitative estimate of drug-likeness (QED) is 0.00967. The molecule has 2 aliphatic heterocycles. The minimum absolute atomic E-state index is 0. The predicted octanol–water partition coefficient (Wildman–Crippen LogP) is 13.0. The van der Waals surface area contributed by atoms with E-state index in [0.717, 1.165) is 131 Å². The standard InChI is InChI=1S/C15H17IN6O.C14H15IN6O.C9H6F2IN5.C9H5FIN5.C6H2F2INO.C5H2F2IN.C4H9N3.C3H6O2.C2H6.CH4.B/c1-10-9-23-6-5-21(10)13-7-12(16)11-8-18-22(15(11)19-13)14-3-4-17-20(14)2;1-9-8-22-5-4-20(9)13-6-11(15)10-7-17-21(14(10)18-13)12-2-3-16-19-12;10-7-3-6(12)5(9(11)15-7)4-14-17-8-1-2-13-16-8;10-7-3-6(11)5-4-13-16(9(5)14-7)8-1-2-12-15-8;7-5-1-4(9)3(2-11)6(8)10-5;6-4-1-3(8)2-5(7)9-4;1-4(7-6)2-3-5;1-2-5-3-4;1-2;;/h3-4,7-8,10H,5-6,9H2,1-2H3;2-3,6-7,9H,4-5,8H2,1H3,(H,16,19);1-4H,(H2,13,16,17);1-4H,(H,12,15);1-2H;1-2H;2-3H,5-6H2,1H3;3H,2H2,1H3;1-2H3;1H4;/b;;14-4-;;;;;;;;/t10-;9-;;;;;;;;;/m11........./s1. The summed E-state index contributed by atoms with van der Waals surface area (Å²) in [5.74, 6) is 3.90. The van der Waals surface area contributed by atoms with Crippen LogP contribution in [-0.4, -0.2) is 191 Å². The fourth-order valence-electron chi connectivity index (χ4n) is 9.42. The van der Waals surface area contributed by atoms with Gasteiger partial charge in [-0.2, -0.15) is 111 Å². The molecule has 46 heteroatoms. The van der Waals surface area contributed by atoms with E-state index in [2.05, 4.69) is 195 Å². The number of morpholine rings is 2. The zero-order valence-electron chi connectivity index (χ0n) is 60.5. The third-order valence-corrected chi connectivity index (χ3v) is 19.6. The second kappa shape index (κ2) is 48.6. The van der Waals surface area contributed by atoms with Gasteiger partial charge in [0, 0.05) is 105 Å². The number of hydrogen-bond acceptors (Lipinski definition) is 25. The van der Waals surface area contributed by atoms with Gasteiger partial charge in [-0.3, -0.25) is 35.0 Å². The van der Waals surface area contributed by atoms with Crippen molar-refractivity contribution in [3.63, 3.8) is 0 Å². The fraction of sp³-hybridized carbons (Fsp3) is 0.250. The van der Waals surface area contributed by atoms with Gasteiger partial charge in [-0.05, 0) is 188 Å². The highest BCUT2D eigenvalue weighted by atomic mass is 127. The van der Waals surface area contributed by atoms with E-state index in [-0.39, 0.29) is 30.5 Å². The molecule has 0 aliphatic carbocycles. The number of pyridine rings is 6. The zero-order valence-corrected chi connectivity index (χ0v) is 73.4. The van der Waals surface area contributed by atoms with Gasteiger partial charge in [0.05, 0.1) is 128 Å². The minimum atomic E-state index is -1.07. The Bertz CT molecular complexity index is 5160. The van der Waals surface area contributed by atoms with Gasteiger partial charge in [0.15, 0.2) is 40.7 Å². The summed E-state index contributed by atoms with van der Waals surface area (Å²) >= 11 is 12.0. The predicted molar refractivity (Wildman–Crippen MR) is 469 cm³/mol. The number of carbonyl (C=O) groups excluding carboxylic acids is 2. The second-order valence-electron chi connectivity index (χ2n) is 22.0. The van der Waals surface area contributed by atoms with Gasteiger partial charge in [-0.15, -0.1) is 0 Å². The molecule has 15 rings (SSSR count). The van der Waals surface area contributed by atoms with E-state index in [4.69, 9.17) is 31.0 Å². The lowest BCUT2D eigenvalue weighted by Gasteiger charge is -2.34. The number of rotatable bonds is 12. The van der Waals surface area contributed by atoms with Crippen LogP contribution in [0.2, 0.25) is 0 Å². The van der Waals surface area contributed by atoms with Crippen molar-refractivity contribution in [1.82, 2.24) is 99.6 Å². The van der Waals surface area contributed by atoms with E-state index in [1.165, 1.54) is 23.2 Å². The number of ether oxygens (including phenoxy) is 3. The van der Waals surface area contributed by atoms with Gasteiger partial charge in [-0.1, -0.05) is 21.3 Å². The van der Waals surface area contributed by atoms with Crippen molar-refractivity contribution in [2.75, 3.05) is 61.3 Å². The maximum absolute atomic E-state index is 13.3. The lowest BCUT2D eigenvalue weighted by atomic mass is 10.2. The number of fused-ring (bicyclic) bond motifs is 3. The number of anilines is 3. The third kappa shape index (κ3) is 27.5. The number of allylic oxidation sites excluding steroid dienone is 1. The molecule has 0 aromatic carbocycles. The molecule has 2 aliphatic rings. The first-order valence-electron chi connectivity index (χ1n) is 32.7. The molecule has 0 spiro atoms. The number of hydrogen-bond donors (Lipinski definition) is 6. The molecule has 0 saturated carbocycles. The summed E-state index contributed by atoms with van der Waals surface area (Å²) in [7, 11) is 1.90. The molecule has 2 fully saturated rings. The first-order valence-corrected chi connectivity index (χ1v) is 39.2. The van der Waals surface area contributed by atoms with Crippen molar-refractivity contribution >= 4 is 219 Å². The highest BCUT2D eigenvalue weighted by molar-refractivity contribution is 14.1. The topological polar surface area (TPSA) is 392 Å². The van der Waals surface area contributed by atoms with Crippen LogP contribution in [0, 0.1) is 63.1 Å². The SMILES string of the molecule is C.CC.CC(C=CN)=NN.CCOC=O.C[C@@H]1COCCN1c1cc(I)c2cnn(-c3ccn[nH]3)c2n1.C[C@@H]1COCCN1c1cc(I)c2cnn(-c3ccnn3C)c2n1.Fc1cc(I)c(/C=N\Nc2ccn[nH]2)c(F)n1.Fc1cc(I)c2cnn(-c3ccn[nH]3)c2n1.Fc1cc(I)cc(F)n1.O=Cc1c(I)cc(F)nc1F.[B]. The van der Waals surface area contributed by atoms with Crippen molar-refractivity contribution in [3.05, 3.63) is 197 Å². The largest absolute Gasteiger partial charge is 0.468 e. The molecule has 8 N–H and O–H groups in total. The molecule has 0 amide bonds. The number of carbonyl (C=O) groups is 2. The Balaban J connectivity index is 0.000000240. The van der Waals surface area contributed by atoms with Crippen LogP contribution < -0.4 is 26.8 Å². The fourth-order valence-corrected chi connectivity index (χ4v) is 13.1. The number of H-pyrrole nitrogens is 3. The third-order valence-electron chi connectivity index (χ3n) is 14.5. The number of nitrogens with zero attached hydrogens (tertiary/aromatic N) is 21. The van der Waals surface area contributed by atoms with Crippen molar-refractivity contribution < 1.29 is 54.5 Å². The van der Waals surface area contributed by atoms with Crippen LogP contribution >= 0.6 is 136 Å². The number of aldehydes is 1. The number of aromatic amines is 3. The van der Waals surface area contributed by atoms with E-state index in [1.807, 2.05) is 72.7 Å². The minimum Gasteiger partial charge on any atom is -0.468 e. The van der Waals surface area contributed by atoms with Crippen LogP contribution in [0.1, 0.15) is 64.9 Å². The van der Waals surface area contributed by atoms with Crippen LogP contribution in [0.15, 0.2) is 133 Å². The summed E-state index contributed by atoms with van der Waals surface area (Å²) in [5.41, 5.74) is 10.4. The normalized spacial score (nSPS) is 13.5. The van der Waals surface area contributed by atoms with Crippen molar-refractivity contribution in [3.8, 4) is 17.5 Å². The first-order chi connectivity index (χ1) is 53.9. The Morgan fingerprint density at radius 1 is 0.605 bits per heavy atom. The molecule has 0 bridgehead atoms. The highest BCUT2D eigenvalue weighted by Gasteiger charge is 2.25. The molecule has 3 radical (unpaired) electrons. The van der Waals surface area contributed by atoms with Gasteiger partial charge >= 0.3 is 0 Å². The lowest BCUT2D eigenvalue weighted by Crippen LogP contribution is -2.44. The maximum Gasteiger partial charge on any atom is 0.293 e. The molecule has 2 atom stereocenters. The smallest absolute Gasteiger partial charge is 0.293 e. The number of nitrogens with one attached hydrogen (secondary N) is 4. The summed E-state index contributed by atoms with van der Waals surface area (Å²) in [6.45, 7) is 17.4. The first kappa shape index (κ1) is 95.8. The van der Waals surface area contributed by atoms with Crippen molar-refractivity contribution in [2.24, 2.45) is 28.8 Å². The molecular formula is C68H72BF7I6N27O5. The number of hydrazone groups is 2. The summed E-state index contributed by atoms with van der Waals surface area (Å²) in [4.78, 5) is 46.3. The Labute approximate surface area is 731 Å². The van der Waals surface area contributed by atoms with Gasteiger partial charge in [0.1, 0.15) is 17.5 Å². The summed E-state index contributed by atoms with van der Waals surface area (Å²) in [5, 5.41) is 47.2. The van der Waals surface area contributed by atoms with Crippen LogP contribution in [0.4, 0.5) is 48.2 Å². The van der Waals surface area contributed by atoms with Gasteiger partial charge in [-0.25, -0.2) is 9.97 Å². The molecule has 13 aromatic rings. The molecule has 32 nitrogen and oxygen atoms in total. The van der Waals surface area contributed by atoms with Gasteiger partial charge in [0.25, 0.3) is 6.47 Å². The molecule has 13 aromatic heterocycles. The van der Waals surface area contributed by atoms with Crippen molar-refractivity contribution in [2.45, 2.75) is 61.1 Å². The monoisotopic (exact) mass is 2250 g/mol. The average Bonchev–Trinajstić information content (AvgIpc) is 1.62. The molecule has 15 heterocycles. The van der Waals surface area contributed by atoms with Crippen LogP contribution in [0.5, 0.6) is 0 Å². The number of nitrogens with two attached hydrogens (primary N) is 2. The maximum atomic E-state index is 13.3. The number of aryl methyl sites for hydroxylation is 1. The number of halogens is 13. The van der Waals surface area contributed by atoms with E-state index >= 15 is 0 Å². The van der Waals surface area contributed by atoms with Crippen LogP contribution in [0.3, 0.4) is 0 Å². The van der Waals surface area contributed by atoms with Crippen LogP contribution in [0.25, 0.3) is 50.6 Å². The van der Waals surface area contributed by atoms with E-state index < -0.39 is 41.6 Å². The lowest BCUT2D eigenvalue weighted by molar-refractivity contribution is -0.128. The Kier molecular flexibility index (Phi) is 40.8. The zero-order chi connectivity index (χ0) is 81.6. The molecule has 0 unspecified atom stereocenters. The number of aromatic nitrogens is 20. The van der Waals surface area contributed by atoms with E-state index in [0.29, 0.717) is 55.9 Å². The van der Waals surface area contributed by atoms with Crippen LogP contribution in [-0.2, 0) is 26.1 Å². The van der Waals surface area contributed by atoms with Crippen molar-refractivity contribution in [1.29, 1.82) is 0 Å². The highest BCUT2D eigenvalue weighted by Crippen LogP contribution is 2.30. The molecule has 603 valence electrons.